The van der Waals surface area contributed by atoms with Crippen LogP contribution in [-0.2, 0) is 0 Å². The van der Waals surface area contributed by atoms with Crippen molar-refractivity contribution in [3.63, 3.8) is 0 Å². The predicted molar refractivity (Wildman–Crippen MR) is 58.2 cm³/mol. The Labute approximate surface area is 87.1 Å². The molecule has 0 aromatic carbocycles. The van der Waals surface area contributed by atoms with E-state index in [1.165, 1.54) is 38.5 Å². The normalized spacial score (nSPS) is 33.4. The lowest BCUT2D eigenvalue weighted by atomic mass is 9.71. The van der Waals surface area contributed by atoms with E-state index in [4.69, 9.17) is 0 Å². The third-order valence-electron chi connectivity index (χ3n) is 4.06. The minimum absolute atomic E-state index is 0.409. The summed E-state index contributed by atoms with van der Waals surface area (Å²) in [6, 6.07) is 0.569. The molecular formula is C12H23NO. The summed E-state index contributed by atoms with van der Waals surface area (Å²) < 4.78 is 0. The van der Waals surface area contributed by atoms with E-state index in [-0.39, 0.29) is 0 Å². The first-order chi connectivity index (χ1) is 6.68. The lowest BCUT2D eigenvalue weighted by Crippen LogP contribution is -2.46. The van der Waals surface area contributed by atoms with E-state index in [1.807, 2.05) is 6.92 Å². The van der Waals surface area contributed by atoms with Gasteiger partial charge in [-0.05, 0) is 51.5 Å². The molecule has 0 aromatic rings. The summed E-state index contributed by atoms with van der Waals surface area (Å²) in [5.74, 6) is 0.575. The molecule has 0 radical (unpaired) electrons. The van der Waals surface area contributed by atoms with Gasteiger partial charge in [-0.1, -0.05) is 12.8 Å². The number of piperidine rings is 1. The predicted octanol–water partition coefficient (Wildman–Crippen LogP) is 2.07. The van der Waals surface area contributed by atoms with Gasteiger partial charge in [0.15, 0.2) is 0 Å². The molecule has 2 atom stereocenters. The second-order valence-corrected chi connectivity index (χ2v) is 5.34. The lowest BCUT2D eigenvalue weighted by Gasteiger charge is -2.41. The maximum atomic E-state index is 10.3. The van der Waals surface area contributed by atoms with E-state index < -0.39 is 5.60 Å². The maximum Gasteiger partial charge on any atom is 0.0662 e. The molecule has 0 amide bonds. The number of nitrogens with one attached hydrogen (secondary N) is 1. The second kappa shape index (κ2) is 4.19. The van der Waals surface area contributed by atoms with Crippen LogP contribution in [0.2, 0.25) is 0 Å². The lowest BCUT2D eigenvalue weighted by molar-refractivity contribution is -0.0495. The highest BCUT2D eigenvalue weighted by Gasteiger charge is 2.37. The van der Waals surface area contributed by atoms with Crippen LogP contribution >= 0.6 is 0 Å². The average Bonchev–Trinajstić information content (AvgIpc) is 2.00. The molecule has 2 rings (SSSR count). The van der Waals surface area contributed by atoms with Gasteiger partial charge in [-0.15, -0.1) is 0 Å². The van der Waals surface area contributed by atoms with Crippen molar-refractivity contribution in [3.05, 3.63) is 0 Å². The molecule has 1 aliphatic heterocycles. The standard InChI is InChI=1S/C12H23NO/c1-12(14,10-5-4-6-10)9-11-7-2-3-8-13-11/h10-11,13-14H,2-9H2,1H3. The number of hydrogen-bond acceptors (Lipinski definition) is 2. The highest BCUT2D eigenvalue weighted by atomic mass is 16.3. The van der Waals surface area contributed by atoms with Gasteiger partial charge in [0, 0.05) is 6.04 Å². The van der Waals surface area contributed by atoms with Crippen molar-refractivity contribution in [1.29, 1.82) is 0 Å². The van der Waals surface area contributed by atoms with Crippen LogP contribution in [0, 0.1) is 5.92 Å². The Balaban J connectivity index is 1.81. The number of hydrogen-bond donors (Lipinski definition) is 2. The summed E-state index contributed by atoms with van der Waals surface area (Å²) in [5.41, 5.74) is -0.409. The fraction of sp³-hybridized carbons (Fsp3) is 1.00. The molecule has 0 bridgehead atoms. The highest BCUT2D eigenvalue weighted by molar-refractivity contribution is 4.91. The molecule has 0 aromatic heterocycles. The summed E-state index contributed by atoms with van der Waals surface area (Å²) >= 11 is 0. The number of rotatable bonds is 3. The zero-order valence-electron chi connectivity index (χ0n) is 9.26. The Morgan fingerprint density at radius 1 is 1.21 bits per heavy atom. The molecule has 1 saturated heterocycles. The van der Waals surface area contributed by atoms with Crippen molar-refractivity contribution >= 4 is 0 Å². The molecule has 82 valence electrons. The Morgan fingerprint density at radius 2 is 2.00 bits per heavy atom. The Kier molecular flexibility index (Phi) is 3.13. The van der Waals surface area contributed by atoms with E-state index in [0.717, 1.165) is 13.0 Å². The second-order valence-electron chi connectivity index (χ2n) is 5.34. The molecule has 2 nitrogen and oxygen atoms in total. The van der Waals surface area contributed by atoms with Gasteiger partial charge in [-0.2, -0.15) is 0 Å². The van der Waals surface area contributed by atoms with Crippen molar-refractivity contribution in [2.75, 3.05) is 6.54 Å². The van der Waals surface area contributed by atoms with Gasteiger partial charge < -0.3 is 10.4 Å². The first kappa shape index (κ1) is 10.4. The molecular weight excluding hydrogens is 174 g/mol. The molecule has 2 fully saturated rings. The quantitative estimate of drug-likeness (QED) is 0.726. The first-order valence-electron chi connectivity index (χ1n) is 6.14. The molecule has 0 spiro atoms. The largest absolute Gasteiger partial charge is 0.390 e. The van der Waals surface area contributed by atoms with Crippen molar-refractivity contribution in [2.45, 2.75) is 63.5 Å². The highest BCUT2D eigenvalue weighted by Crippen LogP contribution is 2.39. The Bertz CT molecular complexity index is 181. The summed E-state index contributed by atoms with van der Waals surface area (Å²) in [4.78, 5) is 0. The van der Waals surface area contributed by atoms with Crippen molar-refractivity contribution < 1.29 is 5.11 Å². The molecule has 1 heterocycles. The topological polar surface area (TPSA) is 32.3 Å². The van der Waals surface area contributed by atoms with E-state index in [2.05, 4.69) is 5.32 Å². The van der Waals surface area contributed by atoms with Gasteiger partial charge in [0.25, 0.3) is 0 Å². The summed E-state index contributed by atoms with van der Waals surface area (Å²) in [6.45, 7) is 3.18. The summed E-state index contributed by atoms with van der Waals surface area (Å²) in [7, 11) is 0. The van der Waals surface area contributed by atoms with Gasteiger partial charge in [-0.3, -0.25) is 0 Å². The fourth-order valence-corrected chi connectivity index (χ4v) is 2.79. The molecule has 1 aliphatic carbocycles. The molecule has 2 heteroatoms. The van der Waals surface area contributed by atoms with Crippen LogP contribution in [0.25, 0.3) is 0 Å². The molecule has 14 heavy (non-hydrogen) atoms. The van der Waals surface area contributed by atoms with Crippen LogP contribution in [0.3, 0.4) is 0 Å². The maximum absolute atomic E-state index is 10.3. The van der Waals surface area contributed by atoms with Crippen LogP contribution < -0.4 is 5.32 Å². The van der Waals surface area contributed by atoms with E-state index in [1.54, 1.807) is 0 Å². The smallest absolute Gasteiger partial charge is 0.0662 e. The van der Waals surface area contributed by atoms with Gasteiger partial charge in [0.1, 0.15) is 0 Å². The fourth-order valence-electron chi connectivity index (χ4n) is 2.79. The van der Waals surface area contributed by atoms with Crippen molar-refractivity contribution in [2.24, 2.45) is 5.92 Å². The van der Waals surface area contributed by atoms with E-state index in [9.17, 15) is 5.11 Å². The van der Waals surface area contributed by atoms with Crippen LogP contribution in [-0.4, -0.2) is 23.3 Å². The minimum atomic E-state index is -0.409. The van der Waals surface area contributed by atoms with Gasteiger partial charge in [0.2, 0.25) is 0 Å². The summed E-state index contributed by atoms with van der Waals surface area (Å²) in [5, 5.41) is 13.9. The minimum Gasteiger partial charge on any atom is -0.390 e. The third kappa shape index (κ3) is 2.29. The van der Waals surface area contributed by atoms with E-state index >= 15 is 0 Å². The van der Waals surface area contributed by atoms with Gasteiger partial charge >= 0.3 is 0 Å². The van der Waals surface area contributed by atoms with Crippen LogP contribution in [0.4, 0.5) is 0 Å². The summed E-state index contributed by atoms with van der Waals surface area (Å²) in [6.07, 6.45) is 8.64. The zero-order chi connectivity index (χ0) is 10.0. The van der Waals surface area contributed by atoms with Gasteiger partial charge in [0.05, 0.1) is 5.60 Å². The third-order valence-corrected chi connectivity index (χ3v) is 4.06. The average molecular weight is 197 g/mol. The van der Waals surface area contributed by atoms with Crippen LogP contribution in [0.1, 0.15) is 51.9 Å². The van der Waals surface area contributed by atoms with Crippen LogP contribution in [0.15, 0.2) is 0 Å². The zero-order valence-corrected chi connectivity index (χ0v) is 9.26. The molecule has 2 unspecified atom stereocenters. The Hall–Kier alpha value is -0.0800. The number of aliphatic hydroxyl groups is 1. The Morgan fingerprint density at radius 3 is 2.50 bits per heavy atom. The van der Waals surface area contributed by atoms with Gasteiger partial charge in [-0.25, -0.2) is 0 Å². The molecule has 2 aliphatic rings. The van der Waals surface area contributed by atoms with Crippen LogP contribution in [0.5, 0.6) is 0 Å². The monoisotopic (exact) mass is 197 g/mol. The molecule has 1 saturated carbocycles. The van der Waals surface area contributed by atoms with Crippen molar-refractivity contribution in [1.82, 2.24) is 5.32 Å². The first-order valence-corrected chi connectivity index (χ1v) is 6.14. The molecule has 2 N–H and O–H groups in total. The van der Waals surface area contributed by atoms with E-state index in [0.29, 0.717) is 12.0 Å². The SMILES string of the molecule is CC(O)(CC1CCCCN1)C1CCC1. The van der Waals surface area contributed by atoms with Crippen molar-refractivity contribution in [3.8, 4) is 0 Å².